The number of carbonyl (C=O) groups is 1. The summed E-state index contributed by atoms with van der Waals surface area (Å²) in [6.45, 7) is 10.0. The van der Waals surface area contributed by atoms with Gasteiger partial charge in [0.1, 0.15) is 5.60 Å². The average molecular weight is 267 g/mol. The molecule has 5 nitrogen and oxygen atoms in total. The summed E-state index contributed by atoms with van der Waals surface area (Å²) in [7, 11) is 0. The minimum absolute atomic E-state index is 0.244. The fourth-order valence-electron chi connectivity index (χ4n) is 1.86. The van der Waals surface area contributed by atoms with Gasteiger partial charge in [0.05, 0.1) is 12.2 Å². The molecule has 1 aromatic rings. The zero-order chi connectivity index (χ0) is 14.6. The fraction of sp³-hybridized carbons (Fsp3) is 0.714. The first-order chi connectivity index (χ1) is 8.74. The molecule has 0 saturated heterocycles. The lowest BCUT2D eigenvalue weighted by atomic mass is 10.0. The van der Waals surface area contributed by atoms with Crippen LogP contribution in [-0.4, -0.2) is 27.7 Å². The zero-order valence-electron chi connectivity index (χ0n) is 12.5. The van der Waals surface area contributed by atoms with Crippen LogP contribution in [0.2, 0.25) is 0 Å². The maximum atomic E-state index is 12.1. The predicted octanol–water partition coefficient (Wildman–Crippen LogP) is 1.92. The zero-order valence-corrected chi connectivity index (χ0v) is 12.5. The van der Waals surface area contributed by atoms with Gasteiger partial charge in [0.25, 0.3) is 0 Å². The molecule has 1 atom stereocenters. The quantitative estimate of drug-likeness (QED) is 0.827. The van der Waals surface area contributed by atoms with Crippen molar-refractivity contribution in [3.63, 3.8) is 0 Å². The normalized spacial score (nSPS) is 13.6. The fourth-order valence-corrected chi connectivity index (χ4v) is 1.86. The average Bonchev–Trinajstić information content (AvgIpc) is 2.71. The summed E-state index contributed by atoms with van der Waals surface area (Å²) < 4.78 is 7.44. The minimum atomic E-state index is -0.483. The molecule has 0 aromatic carbocycles. The summed E-state index contributed by atoms with van der Waals surface area (Å²) in [5, 5.41) is 0. The van der Waals surface area contributed by atoms with Gasteiger partial charge in [0.15, 0.2) is 0 Å². The lowest BCUT2D eigenvalue weighted by Gasteiger charge is -2.23. The Morgan fingerprint density at radius 2 is 2.11 bits per heavy atom. The van der Waals surface area contributed by atoms with Crippen LogP contribution < -0.4 is 5.73 Å². The van der Waals surface area contributed by atoms with E-state index in [0.717, 1.165) is 5.69 Å². The Morgan fingerprint density at radius 1 is 1.47 bits per heavy atom. The summed E-state index contributed by atoms with van der Waals surface area (Å²) in [4.78, 5) is 16.2. The molecule has 0 fully saturated rings. The SMILES string of the molecule is CC(C)n1cncc1CC(CN)C(=O)OC(C)(C)C. The molecule has 0 radical (unpaired) electrons. The van der Waals surface area contributed by atoms with Crippen LogP contribution in [0.15, 0.2) is 12.5 Å². The van der Waals surface area contributed by atoms with Crippen LogP contribution >= 0.6 is 0 Å². The van der Waals surface area contributed by atoms with Crippen molar-refractivity contribution in [2.45, 2.75) is 52.7 Å². The molecule has 0 aliphatic carbocycles. The van der Waals surface area contributed by atoms with E-state index in [1.807, 2.05) is 25.3 Å². The number of nitrogens with two attached hydrogens (primary N) is 1. The Kier molecular flexibility index (Phi) is 5.11. The second-order valence-electron chi connectivity index (χ2n) is 6.06. The van der Waals surface area contributed by atoms with E-state index < -0.39 is 5.60 Å². The highest BCUT2D eigenvalue weighted by Crippen LogP contribution is 2.17. The maximum Gasteiger partial charge on any atom is 0.311 e. The number of imidazole rings is 1. The molecular formula is C14H25N3O2. The third kappa shape index (κ3) is 4.67. The van der Waals surface area contributed by atoms with E-state index in [1.54, 1.807) is 12.5 Å². The number of ether oxygens (including phenoxy) is 1. The lowest BCUT2D eigenvalue weighted by molar-refractivity contribution is -0.159. The van der Waals surface area contributed by atoms with Crippen molar-refractivity contribution in [1.29, 1.82) is 0 Å². The largest absolute Gasteiger partial charge is 0.460 e. The summed E-state index contributed by atoms with van der Waals surface area (Å²) >= 11 is 0. The predicted molar refractivity (Wildman–Crippen MR) is 74.7 cm³/mol. The van der Waals surface area contributed by atoms with Crippen molar-refractivity contribution in [1.82, 2.24) is 9.55 Å². The highest BCUT2D eigenvalue weighted by Gasteiger charge is 2.25. The van der Waals surface area contributed by atoms with Crippen molar-refractivity contribution in [2.24, 2.45) is 11.7 Å². The van der Waals surface area contributed by atoms with Gasteiger partial charge in [0.2, 0.25) is 0 Å². The molecule has 2 N–H and O–H groups in total. The van der Waals surface area contributed by atoms with Crippen LogP contribution in [0.25, 0.3) is 0 Å². The van der Waals surface area contributed by atoms with Gasteiger partial charge in [-0.3, -0.25) is 4.79 Å². The Balaban J connectivity index is 2.77. The van der Waals surface area contributed by atoms with Gasteiger partial charge in [0, 0.05) is 30.9 Å². The van der Waals surface area contributed by atoms with Crippen LogP contribution in [0.3, 0.4) is 0 Å². The number of nitrogens with zero attached hydrogens (tertiary/aromatic N) is 2. The van der Waals surface area contributed by atoms with Gasteiger partial charge >= 0.3 is 5.97 Å². The molecule has 19 heavy (non-hydrogen) atoms. The Labute approximate surface area is 115 Å². The molecule has 0 amide bonds. The summed E-state index contributed by atoms with van der Waals surface area (Å²) in [6, 6.07) is 0.314. The topological polar surface area (TPSA) is 70.1 Å². The van der Waals surface area contributed by atoms with E-state index in [4.69, 9.17) is 10.5 Å². The highest BCUT2D eigenvalue weighted by atomic mass is 16.6. The van der Waals surface area contributed by atoms with E-state index >= 15 is 0 Å². The molecule has 0 spiro atoms. The smallest absolute Gasteiger partial charge is 0.311 e. The first-order valence-electron chi connectivity index (χ1n) is 6.68. The van der Waals surface area contributed by atoms with E-state index in [-0.39, 0.29) is 18.4 Å². The molecule has 1 heterocycles. The third-order valence-electron chi connectivity index (χ3n) is 2.78. The van der Waals surface area contributed by atoms with E-state index in [1.165, 1.54) is 0 Å². The van der Waals surface area contributed by atoms with Crippen LogP contribution in [0.1, 0.15) is 46.4 Å². The Morgan fingerprint density at radius 3 is 2.58 bits per heavy atom. The summed E-state index contributed by atoms with van der Waals surface area (Å²) in [5.74, 6) is -0.570. The molecule has 1 unspecified atom stereocenters. The van der Waals surface area contributed by atoms with E-state index in [9.17, 15) is 4.79 Å². The first-order valence-corrected chi connectivity index (χ1v) is 6.68. The molecule has 5 heteroatoms. The van der Waals surface area contributed by atoms with E-state index in [0.29, 0.717) is 12.5 Å². The first kappa shape index (κ1) is 15.7. The monoisotopic (exact) mass is 267 g/mol. The van der Waals surface area contributed by atoms with Gasteiger partial charge in [-0.05, 0) is 34.6 Å². The Hall–Kier alpha value is -1.36. The number of hydrogen-bond donors (Lipinski definition) is 1. The number of rotatable bonds is 5. The van der Waals surface area contributed by atoms with Gasteiger partial charge in [-0.1, -0.05) is 0 Å². The molecule has 0 saturated carbocycles. The number of carbonyl (C=O) groups excluding carboxylic acids is 1. The van der Waals surface area contributed by atoms with Crippen molar-refractivity contribution < 1.29 is 9.53 Å². The van der Waals surface area contributed by atoms with Gasteiger partial charge < -0.3 is 15.0 Å². The van der Waals surface area contributed by atoms with Crippen LogP contribution in [0.4, 0.5) is 0 Å². The van der Waals surface area contributed by atoms with Gasteiger partial charge in [-0.15, -0.1) is 0 Å². The molecule has 108 valence electrons. The second-order valence-corrected chi connectivity index (χ2v) is 6.06. The summed E-state index contributed by atoms with van der Waals surface area (Å²) in [5.41, 5.74) is 6.23. The van der Waals surface area contributed by atoms with Crippen LogP contribution in [0.5, 0.6) is 0 Å². The second kappa shape index (κ2) is 6.19. The van der Waals surface area contributed by atoms with Crippen LogP contribution in [-0.2, 0) is 16.0 Å². The van der Waals surface area contributed by atoms with Crippen molar-refractivity contribution in [2.75, 3.05) is 6.54 Å². The highest BCUT2D eigenvalue weighted by molar-refractivity contribution is 5.73. The minimum Gasteiger partial charge on any atom is -0.460 e. The van der Waals surface area contributed by atoms with Gasteiger partial charge in [-0.2, -0.15) is 0 Å². The van der Waals surface area contributed by atoms with Crippen molar-refractivity contribution in [3.05, 3.63) is 18.2 Å². The molecule has 0 aliphatic heterocycles. The van der Waals surface area contributed by atoms with Crippen molar-refractivity contribution >= 4 is 5.97 Å². The summed E-state index contributed by atoms with van der Waals surface area (Å²) in [6.07, 6.45) is 4.12. The molecule has 0 bridgehead atoms. The number of hydrogen-bond acceptors (Lipinski definition) is 4. The third-order valence-corrected chi connectivity index (χ3v) is 2.78. The lowest BCUT2D eigenvalue weighted by Crippen LogP contribution is -2.34. The van der Waals surface area contributed by atoms with Gasteiger partial charge in [-0.25, -0.2) is 4.98 Å². The molecule has 0 aliphatic rings. The maximum absolute atomic E-state index is 12.1. The molecular weight excluding hydrogens is 242 g/mol. The molecule has 1 aromatic heterocycles. The van der Waals surface area contributed by atoms with Crippen molar-refractivity contribution in [3.8, 4) is 0 Å². The number of esters is 1. The standard InChI is InChI=1S/C14H25N3O2/c1-10(2)17-9-16-8-12(17)6-11(7-15)13(18)19-14(3,4)5/h8-11H,6-7,15H2,1-5H3. The van der Waals surface area contributed by atoms with E-state index in [2.05, 4.69) is 18.8 Å². The molecule has 1 rings (SSSR count). The number of aromatic nitrogens is 2. The Bertz CT molecular complexity index is 419. The van der Waals surface area contributed by atoms with Crippen LogP contribution in [0, 0.1) is 5.92 Å².